The second-order valence-corrected chi connectivity index (χ2v) is 4.47. The number of hydrogen-bond donors (Lipinski definition) is 0. The summed E-state index contributed by atoms with van der Waals surface area (Å²) in [7, 11) is 0. The number of anilines is 1. The Morgan fingerprint density at radius 3 is 2.89 bits per heavy atom. The molecule has 0 aromatic heterocycles. The number of hydrogen-bond acceptors (Lipinski definition) is 2. The molecule has 0 spiro atoms. The zero-order valence-electron chi connectivity index (χ0n) is 10.3. The van der Waals surface area contributed by atoms with Gasteiger partial charge >= 0.3 is 0 Å². The van der Waals surface area contributed by atoms with Crippen LogP contribution in [-0.4, -0.2) is 19.1 Å². The number of fused-ring (bicyclic) bond motifs is 3. The molecule has 1 aliphatic rings. The highest BCUT2D eigenvalue weighted by Gasteiger charge is 2.25. The predicted octanol–water partition coefficient (Wildman–Crippen LogP) is 2.98. The van der Waals surface area contributed by atoms with Crippen LogP contribution in [0.4, 0.5) is 5.69 Å². The molecule has 1 amide bonds. The maximum absolute atomic E-state index is 11.9. The van der Waals surface area contributed by atoms with E-state index in [1.807, 2.05) is 35.2 Å². The second-order valence-electron chi connectivity index (χ2n) is 4.47. The topological polar surface area (TPSA) is 29.5 Å². The first kappa shape index (κ1) is 11.1. The Kier molecular flexibility index (Phi) is 2.67. The van der Waals surface area contributed by atoms with Gasteiger partial charge in [0.2, 0.25) is 0 Å². The molecule has 0 aliphatic carbocycles. The van der Waals surface area contributed by atoms with Crippen molar-refractivity contribution in [2.45, 2.75) is 13.3 Å². The van der Waals surface area contributed by atoms with Gasteiger partial charge in [-0.1, -0.05) is 37.3 Å². The summed E-state index contributed by atoms with van der Waals surface area (Å²) in [6.07, 6.45) is 0.942. The summed E-state index contributed by atoms with van der Waals surface area (Å²) in [4.78, 5) is 13.7. The average molecular weight is 241 g/mol. The van der Waals surface area contributed by atoms with Crippen LogP contribution in [0.15, 0.2) is 36.4 Å². The van der Waals surface area contributed by atoms with Gasteiger partial charge < -0.3 is 9.64 Å². The molecule has 0 N–H and O–H groups in total. The molecule has 0 fully saturated rings. The van der Waals surface area contributed by atoms with Gasteiger partial charge in [0.05, 0.1) is 5.69 Å². The lowest BCUT2D eigenvalue weighted by atomic mass is 10.1. The van der Waals surface area contributed by atoms with E-state index in [2.05, 4.69) is 13.0 Å². The largest absolute Gasteiger partial charge is 0.481 e. The molecule has 2 aromatic carbocycles. The monoisotopic (exact) mass is 241 g/mol. The van der Waals surface area contributed by atoms with Crippen molar-refractivity contribution in [2.75, 3.05) is 18.1 Å². The maximum Gasteiger partial charge on any atom is 0.265 e. The molecule has 3 heteroatoms. The van der Waals surface area contributed by atoms with Crippen LogP contribution >= 0.6 is 0 Å². The summed E-state index contributed by atoms with van der Waals surface area (Å²) < 4.78 is 5.63. The standard InChI is InChI=1S/C15H15NO2/c1-2-9-16-13-8-7-11-5-3-4-6-12(11)15(13)18-10-14(16)17/h3-8H,2,9-10H2,1H3. The van der Waals surface area contributed by atoms with Crippen molar-refractivity contribution in [2.24, 2.45) is 0 Å². The smallest absolute Gasteiger partial charge is 0.265 e. The van der Waals surface area contributed by atoms with Crippen molar-refractivity contribution in [1.29, 1.82) is 0 Å². The van der Waals surface area contributed by atoms with Gasteiger partial charge in [-0.3, -0.25) is 4.79 Å². The van der Waals surface area contributed by atoms with Crippen LogP contribution in [0.5, 0.6) is 5.75 Å². The molecule has 18 heavy (non-hydrogen) atoms. The third-order valence-electron chi connectivity index (χ3n) is 3.24. The number of carbonyl (C=O) groups is 1. The van der Waals surface area contributed by atoms with Gasteiger partial charge in [-0.15, -0.1) is 0 Å². The number of benzene rings is 2. The summed E-state index contributed by atoms with van der Waals surface area (Å²) in [6, 6.07) is 12.1. The number of rotatable bonds is 2. The van der Waals surface area contributed by atoms with E-state index in [1.165, 1.54) is 0 Å². The van der Waals surface area contributed by atoms with Gasteiger partial charge in [-0.05, 0) is 17.9 Å². The Hall–Kier alpha value is -2.03. The van der Waals surface area contributed by atoms with Crippen LogP contribution in [0.2, 0.25) is 0 Å². The molecule has 1 aliphatic heterocycles. The van der Waals surface area contributed by atoms with Gasteiger partial charge in [-0.2, -0.15) is 0 Å². The van der Waals surface area contributed by atoms with Crippen molar-refractivity contribution in [3.63, 3.8) is 0 Å². The van der Waals surface area contributed by atoms with Crippen molar-refractivity contribution < 1.29 is 9.53 Å². The molecule has 0 bridgehead atoms. The number of amides is 1. The normalized spacial score (nSPS) is 14.5. The van der Waals surface area contributed by atoms with Crippen molar-refractivity contribution >= 4 is 22.4 Å². The predicted molar refractivity (Wildman–Crippen MR) is 72.1 cm³/mol. The Balaban J connectivity index is 2.19. The molecule has 92 valence electrons. The highest BCUT2D eigenvalue weighted by Crippen LogP contribution is 2.38. The first-order valence-corrected chi connectivity index (χ1v) is 6.26. The first-order chi connectivity index (χ1) is 8.81. The van der Waals surface area contributed by atoms with Crippen molar-refractivity contribution in [1.82, 2.24) is 0 Å². The summed E-state index contributed by atoms with van der Waals surface area (Å²) >= 11 is 0. The number of ether oxygens (including phenoxy) is 1. The fraction of sp³-hybridized carbons (Fsp3) is 0.267. The summed E-state index contributed by atoms with van der Waals surface area (Å²) in [5.41, 5.74) is 0.895. The number of carbonyl (C=O) groups excluding carboxylic acids is 1. The van der Waals surface area contributed by atoms with Crippen LogP contribution < -0.4 is 9.64 Å². The zero-order valence-corrected chi connectivity index (χ0v) is 10.3. The van der Waals surface area contributed by atoms with E-state index in [0.717, 1.165) is 35.2 Å². The maximum atomic E-state index is 11.9. The zero-order chi connectivity index (χ0) is 12.5. The van der Waals surface area contributed by atoms with E-state index in [1.54, 1.807) is 0 Å². The molecule has 1 heterocycles. The van der Waals surface area contributed by atoms with Crippen molar-refractivity contribution in [3.8, 4) is 5.75 Å². The Labute approximate surface area is 106 Å². The molecule has 2 aromatic rings. The summed E-state index contributed by atoms with van der Waals surface area (Å²) in [5, 5.41) is 2.21. The molecular formula is C15H15NO2. The minimum atomic E-state index is 0.0413. The summed E-state index contributed by atoms with van der Waals surface area (Å²) in [6.45, 7) is 2.96. The van der Waals surface area contributed by atoms with E-state index >= 15 is 0 Å². The molecule has 3 rings (SSSR count). The fourth-order valence-corrected chi connectivity index (χ4v) is 2.41. The third-order valence-corrected chi connectivity index (χ3v) is 3.24. The van der Waals surface area contributed by atoms with Crippen molar-refractivity contribution in [3.05, 3.63) is 36.4 Å². The van der Waals surface area contributed by atoms with E-state index < -0.39 is 0 Å². The lowest BCUT2D eigenvalue weighted by Gasteiger charge is -2.29. The van der Waals surface area contributed by atoms with Crippen LogP contribution in [0.1, 0.15) is 13.3 Å². The third kappa shape index (κ3) is 1.63. The number of nitrogens with zero attached hydrogens (tertiary/aromatic N) is 1. The highest BCUT2D eigenvalue weighted by atomic mass is 16.5. The molecule has 0 saturated heterocycles. The van der Waals surface area contributed by atoms with Gasteiger partial charge in [0.1, 0.15) is 0 Å². The van der Waals surface area contributed by atoms with E-state index in [0.29, 0.717) is 0 Å². The van der Waals surface area contributed by atoms with Crippen LogP contribution in [0.3, 0.4) is 0 Å². The Bertz CT molecular complexity index is 606. The van der Waals surface area contributed by atoms with Gasteiger partial charge in [0.15, 0.2) is 12.4 Å². The fourth-order valence-electron chi connectivity index (χ4n) is 2.41. The quantitative estimate of drug-likeness (QED) is 0.809. The molecular weight excluding hydrogens is 226 g/mol. The summed E-state index contributed by atoms with van der Waals surface area (Å²) in [5.74, 6) is 0.876. The van der Waals surface area contributed by atoms with Gasteiger partial charge in [-0.25, -0.2) is 0 Å². The SMILES string of the molecule is CCCN1C(=O)COc2c1ccc1ccccc21. The molecule has 0 unspecified atom stereocenters. The Morgan fingerprint density at radius 2 is 2.06 bits per heavy atom. The molecule has 3 nitrogen and oxygen atoms in total. The lowest BCUT2D eigenvalue weighted by molar-refractivity contribution is -0.121. The first-order valence-electron chi connectivity index (χ1n) is 6.26. The molecule has 0 atom stereocenters. The highest BCUT2D eigenvalue weighted by molar-refractivity contribution is 6.03. The van der Waals surface area contributed by atoms with Crippen LogP contribution in [0.25, 0.3) is 10.8 Å². The van der Waals surface area contributed by atoms with E-state index in [4.69, 9.17) is 4.74 Å². The van der Waals surface area contributed by atoms with E-state index in [-0.39, 0.29) is 12.5 Å². The van der Waals surface area contributed by atoms with Gasteiger partial charge in [0.25, 0.3) is 5.91 Å². The van der Waals surface area contributed by atoms with Gasteiger partial charge in [0, 0.05) is 11.9 Å². The Morgan fingerprint density at radius 1 is 1.22 bits per heavy atom. The van der Waals surface area contributed by atoms with Crippen LogP contribution in [0, 0.1) is 0 Å². The average Bonchev–Trinajstić information content (AvgIpc) is 2.41. The minimum absolute atomic E-state index is 0.0413. The molecule has 0 saturated carbocycles. The van der Waals surface area contributed by atoms with E-state index in [9.17, 15) is 4.79 Å². The lowest BCUT2D eigenvalue weighted by Crippen LogP contribution is -2.39. The molecule has 0 radical (unpaired) electrons. The van der Waals surface area contributed by atoms with Crippen LogP contribution in [-0.2, 0) is 4.79 Å². The minimum Gasteiger partial charge on any atom is -0.481 e. The second kappa shape index (κ2) is 4.33.